The van der Waals surface area contributed by atoms with Crippen molar-refractivity contribution in [2.75, 3.05) is 13.1 Å². The molecule has 1 unspecified atom stereocenters. The van der Waals surface area contributed by atoms with Gasteiger partial charge in [0.1, 0.15) is 5.75 Å². The minimum atomic E-state index is -0.672. The molecule has 5 heteroatoms. The van der Waals surface area contributed by atoms with Gasteiger partial charge in [0, 0.05) is 13.1 Å². The first-order chi connectivity index (χ1) is 8.85. The van der Waals surface area contributed by atoms with Crippen LogP contribution in [0, 0.1) is 12.3 Å². The van der Waals surface area contributed by atoms with Crippen molar-refractivity contribution in [2.24, 2.45) is 11.1 Å². The standard InChI is InChI=1S/C14H18N2O3/c1-9-4-3-5-10(11(9)17)12(18)16-7-6-14(2,8-16)13(15)19/h3-5,17H,6-8H2,1-2H3,(H2,15,19). The van der Waals surface area contributed by atoms with E-state index in [9.17, 15) is 14.7 Å². The third kappa shape index (κ3) is 2.28. The summed E-state index contributed by atoms with van der Waals surface area (Å²) in [4.78, 5) is 25.3. The Hall–Kier alpha value is -2.04. The lowest BCUT2D eigenvalue weighted by Crippen LogP contribution is -2.38. The van der Waals surface area contributed by atoms with Gasteiger partial charge in [-0.3, -0.25) is 9.59 Å². The summed E-state index contributed by atoms with van der Waals surface area (Å²) in [5.41, 5.74) is 5.62. The highest BCUT2D eigenvalue weighted by Gasteiger charge is 2.41. The summed E-state index contributed by atoms with van der Waals surface area (Å²) in [6.07, 6.45) is 0.556. The molecule has 5 nitrogen and oxygen atoms in total. The second-order valence-corrected chi connectivity index (χ2v) is 5.37. The van der Waals surface area contributed by atoms with Gasteiger partial charge >= 0.3 is 0 Å². The number of carbonyl (C=O) groups is 2. The molecule has 1 saturated heterocycles. The number of phenols is 1. The van der Waals surface area contributed by atoms with Crippen LogP contribution >= 0.6 is 0 Å². The van der Waals surface area contributed by atoms with Crippen molar-refractivity contribution in [1.29, 1.82) is 0 Å². The molecule has 0 aliphatic carbocycles. The highest BCUT2D eigenvalue weighted by molar-refractivity contribution is 5.98. The average molecular weight is 262 g/mol. The molecule has 0 aromatic heterocycles. The van der Waals surface area contributed by atoms with E-state index in [4.69, 9.17) is 5.73 Å². The van der Waals surface area contributed by atoms with E-state index >= 15 is 0 Å². The molecule has 1 aliphatic heterocycles. The number of hydrogen-bond donors (Lipinski definition) is 2. The number of likely N-dealkylation sites (tertiary alicyclic amines) is 1. The summed E-state index contributed by atoms with van der Waals surface area (Å²) in [5, 5.41) is 9.93. The van der Waals surface area contributed by atoms with Crippen LogP contribution in [0.25, 0.3) is 0 Å². The van der Waals surface area contributed by atoms with Crippen molar-refractivity contribution in [3.05, 3.63) is 29.3 Å². The number of hydrogen-bond acceptors (Lipinski definition) is 3. The SMILES string of the molecule is Cc1cccc(C(=O)N2CCC(C)(C(N)=O)C2)c1O. The normalized spacial score (nSPS) is 22.5. The Labute approximate surface area is 112 Å². The van der Waals surface area contributed by atoms with Crippen LogP contribution in [0.3, 0.4) is 0 Å². The van der Waals surface area contributed by atoms with Crippen LogP contribution < -0.4 is 5.73 Å². The smallest absolute Gasteiger partial charge is 0.257 e. The molecule has 19 heavy (non-hydrogen) atoms. The zero-order valence-electron chi connectivity index (χ0n) is 11.1. The van der Waals surface area contributed by atoms with Crippen molar-refractivity contribution in [3.63, 3.8) is 0 Å². The Kier molecular flexibility index (Phi) is 3.22. The van der Waals surface area contributed by atoms with Crippen molar-refractivity contribution in [1.82, 2.24) is 4.90 Å². The van der Waals surface area contributed by atoms with Crippen molar-refractivity contribution in [2.45, 2.75) is 20.3 Å². The van der Waals surface area contributed by atoms with Gasteiger partial charge in [-0.15, -0.1) is 0 Å². The predicted molar refractivity (Wildman–Crippen MR) is 70.7 cm³/mol. The molecule has 0 spiro atoms. The zero-order valence-corrected chi connectivity index (χ0v) is 11.1. The summed E-state index contributed by atoms with van der Waals surface area (Å²) in [6.45, 7) is 4.28. The van der Waals surface area contributed by atoms with Gasteiger partial charge in [-0.25, -0.2) is 0 Å². The Morgan fingerprint density at radius 3 is 2.68 bits per heavy atom. The Balaban J connectivity index is 2.23. The molecule has 102 valence electrons. The monoisotopic (exact) mass is 262 g/mol. The Morgan fingerprint density at radius 1 is 1.42 bits per heavy atom. The number of benzene rings is 1. The molecule has 0 bridgehead atoms. The molecule has 1 aliphatic rings. The molecule has 1 heterocycles. The second-order valence-electron chi connectivity index (χ2n) is 5.37. The van der Waals surface area contributed by atoms with Crippen LogP contribution in [0.2, 0.25) is 0 Å². The maximum Gasteiger partial charge on any atom is 0.257 e. The van der Waals surface area contributed by atoms with Gasteiger partial charge in [0.25, 0.3) is 5.91 Å². The highest BCUT2D eigenvalue weighted by atomic mass is 16.3. The van der Waals surface area contributed by atoms with Gasteiger partial charge in [-0.05, 0) is 31.9 Å². The van der Waals surface area contributed by atoms with Crippen LogP contribution in [-0.4, -0.2) is 34.9 Å². The number of nitrogens with two attached hydrogens (primary N) is 1. The van der Waals surface area contributed by atoms with E-state index in [1.165, 1.54) is 0 Å². The van der Waals surface area contributed by atoms with Gasteiger partial charge in [-0.1, -0.05) is 12.1 Å². The van der Waals surface area contributed by atoms with Crippen molar-refractivity contribution < 1.29 is 14.7 Å². The van der Waals surface area contributed by atoms with Gasteiger partial charge < -0.3 is 15.7 Å². The molecule has 1 fully saturated rings. The molecular weight excluding hydrogens is 244 g/mol. The molecule has 3 N–H and O–H groups in total. The number of aryl methyl sites for hydroxylation is 1. The van der Waals surface area contributed by atoms with Crippen LogP contribution in [0.4, 0.5) is 0 Å². The van der Waals surface area contributed by atoms with Crippen molar-refractivity contribution in [3.8, 4) is 5.75 Å². The van der Waals surface area contributed by atoms with Crippen LogP contribution in [0.1, 0.15) is 29.3 Å². The fourth-order valence-corrected chi connectivity index (χ4v) is 2.34. The third-order valence-corrected chi connectivity index (χ3v) is 3.82. The molecule has 1 aromatic carbocycles. The van der Waals surface area contributed by atoms with E-state index in [0.29, 0.717) is 25.1 Å². The molecule has 0 saturated carbocycles. The summed E-state index contributed by atoms with van der Waals surface area (Å²) >= 11 is 0. The number of phenolic OH excluding ortho intramolecular Hbond substituents is 1. The van der Waals surface area contributed by atoms with Gasteiger partial charge in [0.05, 0.1) is 11.0 Å². The third-order valence-electron chi connectivity index (χ3n) is 3.82. The number of carbonyl (C=O) groups excluding carboxylic acids is 2. The molecule has 0 radical (unpaired) electrons. The minimum absolute atomic E-state index is 0.000165. The van der Waals surface area contributed by atoms with Gasteiger partial charge in [0.15, 0.2) is 0 Å². The number of amides is 2. The first kappa shape index (κ1) is 13.4. The lowest BCUT2D eigenvalue weighted by molar-refractivity contribution is -0.126. The largest absolute Gasteiger partial charge is 0.507 e. The van der Waals surface area contributed by atoms with E-state index in [1.807, 2.05) is 0 Å². The lowest BCUT2D eigenvalue weighted by atomic mass is 9.89. The van der Waals surface area contributed by atoms with Crippen molar-refractivity contribution >= 4 is 11.8 Å². The second kappa shape index (κ2) is 4.57. The molecule has 2 amide bonds. The van der Waals surface area contributed by atoms with E-state index < -0.39 is 11.3 Å². The first-order valence-corrected chi connectivity index (χ1v) is 6.23. The Morgan fingerprint density at radius 2 is 2.11 bits per heavy atom. The molecular formula is C14H18N2O3. The average Bonchev–Trinajstić information content (AvgIpc) is 2.76. The zero-order chi connectivity index (χ0) is 14.2. The van der Waals surface area contributed by atoms with E-state index in [1.54, 1.807) is 36.9 Å². The number of para-hydroxylation sites is 1. The van der Waals surface area contributed by atoms with Crippen LogP contribution in [-0.2, 0) is 4.79 Å². The highest BCUT2D eigenvalue weighted by Crippen LogP contribution is 2.32. The number of rotatable bonds is 2. The maximum atomic E-state index is 12.3. The molecule has 2 rings (SSSR count). The summed E-state index contributed by atoms with van der Waals surface area (Å²) in [6, 6.07) is 5.06. The Bertz CT molecular complexity index is 541. The fourth-order valence-electron chi connectivity index (χ4n) is 2.34. The minimum Gasteiger partial charge on any atom is -0.507 e. The van der Waals surface area contributed by atoms with Gasteiger partial charge in [-0.2, -0.15) is 0 Å². The summed E-state index contributed by atoms with van der Waals surface area (Å²) in [5.74, 6) is -0.650. The van der Waals surface area contributed by atoms with Crippen LogP contribution in [0.15, 0.2) is 18.2 Å². The fraction of sp³-hybridized carbons (Fsp3) is 0.429. The first-order valence-electron chi connectivity index (χ1n) is 6.23. The summed E-state index contributed by atoms with van der Waals surface area (Å²) < 4.78 is 0. The van der Waals surface area contributed by atoms with E-state index in [-0.39, 0.29) is 17.2 Å². The van der Waals surface area contributed by atoms with E-state index in [0.717, 1.165) is 0 Å². The maximum absolute atomic E-state index is 12.3. The molecule has 1 atom stereocenters. The topological polar surface area (TPSA) is 83.6 Å². The van der Waals surface area contributed by atoms with E-state index in [2.05, 4.69) is 0 Å². The number of primary amides is 1. The summed E-state index contributed by atoms with van der Waals surface area (Å²) in [7, 11) is 0. The molecule has 1 aromatic rings. The number of aromatic hydroxyl groups is 1. The predicted octanol–water partition coefficient (Wildman–Crippen LogP) is 1.04. The quantitative estimate of drug-likeness (QED) is 0.835. The lowest BCUT2D eigenvalue weighted by Gasteiger charge is -2.21. The van der Waals surface area contributed by atoms with Crippen LogP contribution in [0.5, 0.6) is 5.75 Å². The number of nitrogens with zero attached hydrogens (tertiary/aromatic N) is 1. The van der Waals surface area contributed by atoms with Gasteiger partial charge in [0.2, 0.25) is 5.91 Å².